The maximum Gasteiger partial charge on any atom is 0.471 e. The lowest BCUT2D eigenvalue weighted by molar-refractivity contribution is -0.185. The first-order valence-corrected chi connectivity index (χ1v) is 9.52. The molecule has 0 saturated heterocycles. The Kier molecular flexibility index (Phi) is 8.18. The first-order valence-electron chi connectivity index (χ1n) is 8.77. The number of carbonyl (C=O) groups is 3. The molecule has 11 heteroatoms. The summed E-state index contributed by atoms with van der Waals surface area (Å²) in [6, 6.07) is 3.13. The molecular weight excluding hydrogens is 448 g/mol. The largest absolute Gasteiger partial charge is 0.471 e. The molecule has 0 aliphatic carbocycles. The van der Waals surface area contributed by atoms with Crippen molar-refractivity contribution in [3.05, 3.63) is 33.8 Å². The number of aldehydes is 1. The molecule has 1 aromatic rings. The molecule has 2 N–H and O–H groups in total. The summed E-state index contributed by atoms with van der Waals surface area (Å²) in [6.45, 7) is 4.38. The van der Waals surface area contributed by atoms with Crippen molar-refractivity contribution in [2.45, 2.75) is 44.8 Å². The molecule has 0 aliphatic rings. The fourth-order valence-corrected chi connectivity index (χ4v) is 3.92. The molecule has 0 heterocycles. The van der Waals surface area contributed by atoms with Crippen LogP contribution >= 0.6 is 23.2 Å². The van der Waals surface area contributed by atoms with Gasteiger partial charge in [0.1, 0.15) is 6.29 Å². The number of halogens is 5. The van der Waals surface area contributed by atoms with Crippen molar-refractivity contribution in [3.8, 4) is 0 Å². The predicted octanol–water partition coefficient (Wildman–Crippen LogP) is 4.52. The van der Waals surface area contributed by atoms with Gasteiger partial charge in [-0.3, -0.25) is 4.79 Å². The number of rotatable bonds is 7. The quantitative estimate of drug-likeness (QED) is 0.573. The van der Waals surface area contributed by atoms with Gasteiger partial charge in [0.15, 0.2) is 0 Å². The van der Waals surface area contributed by atoms with E-state index in [2.05, 4.69) is 5.32 Å². The Labute approximate surface area is 182 Å². The number of hydrogen-bond donors (Lipinski definition) is 2. The van der Waals surface area contributed by atoms with Crippen molar-refractivity contribution in [3.63, 3.8) is 0 Å². The van der Waals surface area contributed by atoms with E-state index in [1.807, 2.05) is 0 Å². The van der Waals surface area contributed by atoms with Gasteiger partial charge in [-0.15, -0.1) is 0 Å². The van der Waals surface area contributed by atoms with Crippen molar-refractivity contribution in [1.82, 2.24) is 10.2 Å². The van der Waals surface area contributed by atoms with E-state index < -0.39 is 41.6 Å². The molecule has 0 radical (unpaired) electrons. The first kappa shape index (κ1) is 26.0. The van der Waals surface area contributed by atoms with E-state index in [0.717, 1.165) is 7.05 Å². The SMILES string of the molecule is CN(CC(CC=O)(c1ccc(Cl)c(Cl)c1)C(NC(=O)O)C(C)(C)C)C(=O)C(F)(F)F. The zero-order valence-corrected chi connectivity index (χ0v) is 18.3. The van der Waals surface area contributed by atoms with Crippen molar-refractivity contribution >= 4 is 41.5 Å². The van der Waals surface area contributed by atoms with Crippen LogP contribution in [0.25, 0.3) is 0 Å². The van der Waals surface area contributed by atoms with Gasteiger partial charge >= 0.3 is 18.2 Å². The Morgan fingerprint density at radius 2 is 1.77 bits per heavy atom. The average molecular weight is 471 g/mol. The third-order valence-electron chi connectivity index (χ3n) is 4.74. The van der Waals surface area contributed by atoms with E-state index in [1.54, 1.807) is 20.8 Å². The van der Waals surface area contributed by atoms with Crippen molar-refractivity contribution in [1.29, 1.82) is 0 Å². The van der Waals surface area contributed by atoms with Crippen LogP contribution in [0.2, 0.25) is 10.0 Å². The van der Waals surface area contributed by atoms with Gasteiger partial charge in [-0.1, -0.05) is 50.0 Å². The van der Waals surface area contributed by atoms with Gasteiger partial charge in [0.25, 0.3) is 0 Å². The summed E-state index contributed by atoms with van der Waals surface area (Å²) in [5.74, 6) is -2.12. The molecule has 1 rings (SSSR count). The monoisotopic (exact) mass is 470 g/mol. The summed E-state index contributed by atoms with van der Waals surface area (Å²) in [5, 5.41) is 11.9. The van der Waals surface area contributed by atoms with Crippen LogP contribution in [-0.4, -0.2) is 54.1 Å². The fraction of sp³-hybridized carbons (Fsp3) is 0.526. The number of nitrogens with one attached hydrogen (secondary N) is 1. The molecule has 168 valence electrons. The van der Waals surface area contributed by atoms with Crippen LogP contribution in [-0.2, 0) is 15.0 Å². The van der Waals surface area contributed by atoms with Gasteiger partial charge in [0.2, 0.25) is 0 Å². The molecule has 0 saturated carbocycles. The second kappa shape index (κ2) is 9.43. The van der Waals surface area contributed by atoms with Crippen LogP contribution in [0, 0.1) is 5.41 Å². The van der Waals surface area contributed by atoms with E-state index >= 15 is 0 Å². The minimum atomic E-state index is -5.14. The van der Waals surface area contributed by atoms with Crippen LogP contribution in [0.1, 0.15) is 32.8 Å². The summed E-state index contributed by atoms with van der Waals surface area (Å²) in [6.07, 6.45) is -6.49. The number of carboxylic acid groups (broad SMARTS) is 1. The first-order chi connectivity index (χ1) is 13.6. The summed E-state index contributed by atoms with van der Waals surface area (Å²) < 4.78 is 39.0. The van der Waals surface area contributed by atoms with E-state index in [9.17, 15) is 32.7 Å². The summed E-state index contributed by atoms with van der Waals surface area (Å²) >= 11 is 12.1. The lowest BCUT2D eigenvalue weighted by Crippen LogP contribution is -2.61. The number of alkyl halides is 3. The van der Waals surface area contributed by atoms with Gasteiger partial charge in [-0.05, 0) is 23.1 Å². The number of amides is 2. The lowest BCUT2D eigenvalue weighted by atomic mass is 9.63. The number of benzene rings is 1. The highest BCUT2D eigenvalue weighted by molar-refractivity contribution is 6.42. The smallest absolute Gasteiger partial charge is 0.465 e. The zero-order valence-electron chi connectivity index (χ0n) is 16.8. The zero-order chi connectivity index (χ0) is 23.5. The maximum atomic E-state index is 13.0. The molecule has 1 aromatic carbocycles. The highest BCUT2D eigenvalue weighted by Crippen LogP contribution is 2.42. The van der Waals surface area contributed by atoms with Gasteiger partial charge in [0, 0.05) is 31.5 Å². The Morgan fingerprint density at radius 3 is 2.17 bits per heavy atom. The van der Waals surface area contributed by atoms with E-state index in [-0.39, 0.29) is 22.0 Å². The minimum absolute atomic E-state index is 0.0669. The Balaban J connectivity index is 3.79. The molecule has 0 aromatic heterocycles. The van der Waals surface area contributed by atoms with E-state index in [0.29, 0.717) is 11.2 Å². The van der Waals surface area contributed by atoms with Crippen LogP contribution in [0.5, 0.6) is 0 Å². The standard InChI is InChI=1S/C19H23Cl2F3N2O4/c1-17(2,3)14(25-16(29)30)18(7-8-27,10-26(4)15(28)19(22,23)24)11-5-6-12(20)13(21)9-11/h5-6,8-9,14,25H,7,10H2,1-4H3,(H,29,30). The third-order valence-corrected chi connectivity index (χ3v) is 5.48. The molecule has 6 nitrogen and oxygen atoms in total. The number of hydrogen-bond acceptors (Lipinski definition) is 3. The topological polar surface area (TPSA) is 86.7 Å². The highest BCUT2D eigenvalue weighted by atomic mass is 35.5. The number of likely N-dealkylation sites (N-methyl/N-ethyl adjacent to an activating group) is 1. The van der Waals surface area contributed by atoms with Gasteiger partial charge < -0.3 is 20.1 Å². The Morgan fingerprint density at radius 1 is 1.20 bits per heavy atom. The second-order valence-electron chi connectivity index (χ2n) is 8.06. The molecule has 0 aliphatic heterocycles. The Bertz CT molecular complexity index is 812. The molecule has 0 fully saturated rings. The molecule has 0 spiro atoms. The summed E-state index contributed by atoms with van der Waals surface area (Å²) in [5.41, 5.74) is -2.17. The van der Waals surface area contributed by atoms with Crippen LogP contribution < -0.4 is 5.32 Å². The summed E-state index contributed by atoms with van der Waals surface area (Å²) in [7, 11) is 0.938. The molecule has 2 unspecified atom stereocenters. The highest BCUT2D eigenvalue weighted by Gasteiger charge is 2.50. The normalized spacial score (nSPS) is 15.1. The van der Waals surface area contributed by atoms with Gasteiger partial charge in [0.05, 0.1) is 10.0 Å². The van der Waals surface area contributed by atoms with Crippen LogP contribution in [0.4, 0.5) is 18.0 Å². The third kappa shape index (κ3) is 6.01. The van der Waals surface area contributed by atoms with E-state index in [4.69, 9.17) is 23.2 Å². The van der Waals surface area contributed by atoms with E-state index in [1.165, 1.54) is 18.2 Å². The Hall–Kier alpha value is -2.00. The molecule has 0 bridgehead atoms. The number of nitrogens with zero attached hydrogens (tertiary/aromatic N) is 1. The van der Waals surface area contributed by atoms with Gasteiger partial charge in [-0.25, -0.2) is 4.79 Å². The minimum Gasteiger partial charge on any atom is -0.465 e. The number of carbonyl (C=O) groups excluding carboxylic acids is 2. The molecule has 30 heavy (non-hydrogen) atoms. The molecule has 2 amide bonds. The fourth-order valence-electron chi connectivity index (χ4n) is 3.62. The average Bonchev–Trinajstić information content (AvgIpc) is 2.59. The van der Waals surface area contributed by atoms with Crippen molar-refractivity contribution in [2.75, 3.05) is 13.6 Å². The van der Waals surface area contributed by atoms with Gasteiger partial charge in [-0.2, -0.15) is 13.2 Å². The molecule has 2 atom stereocenters. The second-order valence-corrected chi connectivity index (χ2v) is 8.88. The van der Waals surface area contributed by atoms with Crippen molar-refractivity contribution in [2.24, 2.45) is 5.41 Å². The summed E-state index contributed by atoms with van der Waals surface area (Å²) in [4.78, 5) is 35.4. The molecular formula is C19H23Cl2F3N2O4. The maximum absolute atomic E-state index is 13.0. The van der Waals surface area contributed by atoms with Crippen LogP contribution in [0.3, 0.4) is 0 Å². The predicted molar refractivity (Wildman–Crippen MR) is 107 cm³/mol. The van der Waals surface area contributed by atoms with Crippen molar-refractivity contribution < 1.29 is 32.7 Å². The van der Waals surface area contributed by atoms with Crippen LogP contribution in [0.15, 0.2) is 18.2 Å². The lowest BCUT2D eigenvalue weighted by Gasteiger charge is -2.48.